The molecule has 2 rings (SSSR count). The van der Waals surface area contributed by atoms with E-state index in [4.69, 9.17) is 4.74 Å². The summed E-state index contributed by atoms with van der Waals surface area (Å²) in [5, 5.41) is 13.9. The molecule has 128 valence electrons. The average molecular weight is 341 g/mol. The molecule has 0 heterocycles. The van der Waals surface area contributed by atoms with Crippen molar-refractivity contribution in [3.8, 4) is 5.75 Å². The van der Waals surface area contributed by atoms with Gasteiger partial charge in [-0.05, 0) is 72.2 Å². The number of hydrogen-bond acceptors (Lipinski definition) is 2. The zero-order chi connectivity index (χ0) is 18.1. The van der Waals surface area contributed by atoms with Crippen molar-refractivity contribution in [1.82, 2.24) is 0 Å². The summed E-state index contributed by atoms with van der Waals surface area (Å²) in [6.45, 7) is 12.7. The summed E-state index contributed by atoms with van der Waals surface area (Å²) in [7, 11) is 2.37. The van der Waals surface area contributed by atoms with Crippen LogP contribution in [0.5, 0.6) is 5.75 Å². The minimum absolute atomic E-state index is 0.0847. The summed E-state index contributed by atoms with van der Waals surface area (Å²) >= 11 is 0. The number of benzene rings is 2. The predicted molar refractivity (Wildman–Crippen MR) is 103 cm³/mol. The lowest BCUT2D eigenvalue weighted by Gasteiger charge is -2.25. The Bertz CT molecular complexity index is 760. The van der Waals surface area contributed by atoms with E-state index in [0.717, 1.165) is 33.3 Å². The van der Waals surface area contributed by atoms with Crippen LogP contribution in [-0.4, -0.2) is 12.6 Å². The molecule has 0 radical (unpaired) electrons. The summed E-state index contributed by atoms with van der Waals surface area (Å²) in [6, 6.07) is 10.2. The van der Waals surface area contributed by atoms with E-state index >= 15 is 0 Å². The van der Waals surface area contributed by atoms with Crippen LogP contribution in [0.4, 0.5) is 0 Å². The van der Waals surface area contributed by atoms with Gasteiger partial charge in [0.2, 0.25) is 0 Å². The Labute approximate surface area is 147 Å². The molecule has 0 atom stereocenters. The Morgan fingerprint density at radius 3 is 2.00 bits per heavy atom. The van der Waals surface area contributed by atoms with Crippen LogP contribution < -0.4 is 15.1 Å². The number of methoxy groups -OCH3 is 1. The average Bonchev–Trinajstić information content (AvgIpc) is 2.47. The summed E-state index contributed by atoms with van der Waals surface area (Å²) in [5.41, 5.74) is 5.55. The monoisotopic (exact) mass is 341 g/mol. The van der Waals surface area contributed by atoms with Gasteiger partial charge in [0, 0.05) is 5.30 Å². The van der Waals surface area contributed by atoms with Crippen LogP contribution in [0.3, 0.4) is 0 Å². The zero-order valence-electron chi connectivity index (χ0n) is 15.7. The van der Waals surface area contributed by atoms with Gasteiger partial charge in [0.05, 0.1) is 7.11 Å². The highest BCUT2D eigenvalue weighted by atomic mass is 31.1. The molecule has 24 heavy (non-hydrogen) atoms. The second kappa shape index (κ2) is 7.09. The van der Waals surface area contributed by atoms with Crippen molar-refractivity contribution in [2.24, 2.45) is 0 Å². The highest BCUT2D eigenvalue weighted by Gasteiger charge is 2.16. The smallest absolute Gasteiger partial charge is 0.119 e. The van der Waals surface area contributed by atoms with Gasteiger partial charge < -0.3 is 9.84 Å². The lowest BCUT2D eigenvalue weighted by Crippen LogP contribution is -2.22. The molecule has 0 bridgehead atoms. The number of hydrogen-bond donors (Lipinski definition) is 0. The van der Waals surface area contributed by atoms with Gasteiger partial charge in [0.25, 0.3) is 0 Å². The van der Waals surface area contributed by atoms with Gasteiger partial charge >= 0.3 is 0 Å². The largest absolute Gasteiger partial charge is 0.823 e. The van der Waals surface area contributed by atoms with Gasteiger partial charge in [-0.25, -0.2) is 0 Å². The molecule has 2 aromatic rings. The first-order valence-corrected chi connectivity index (χ1v) is 9.05. The molecule has 0 unspecified atom stereocenters. The molecule has 0 aliphatic heterocycles. The maximum absolute atomic E-state index is 12.9. The Hall–Kier alpha value is -1.63. The molecule has 0 aliphatic carbocycles. The normalized spacial score (nSPS) is 12.4. The van der Waals surface area contributed by atoms with Crippen molar-refractivity contribution in [3.63, 3.8) is 0 Å². The van der Waals surface area contributed by atoms with E-state index in [2.05, 4.69) is 32.9 Å². The fourth-order valence-electron chi connectivity index (χ4n) is 2.78. The van der Waals surface area contributed by atoms with Crippen LogP contribution >= 0.6 is 8.20 Å². The number of aryl methyl sites for hydroxylation is 3. The maximum Gasteiger partial charge on any atom is 0.119 e. The second-order valence-electron chi connectivity index (χ2n) is 7.30. The SMILES string of the molecule is COc1ccc(P=C([O-])c2c(C)cc(C(C)(C)C)cc2C)c(C)c1. The van der Waals surface area contributed by atoms with Crippen molar-refractivity contribution in [1.29, 1.82) is 0 Å². The Balaban J connectivity index is 2.48. The molecule has 0 amide bonds. The lowest BCUT2D eigenvalue weighted by molar-refractivity contribution is -0.207. The molecule has 0 aromatic heterocycles. The molecule has 0 fully saturated rings. The first-order valence-electron chi connectivity index (χ1n) is 8.16. The van der Waals surface area contributed by atoms with Gasteiger partial charge in [-0.1, -0.05) is 41.1 Å². The van der Waals surface area contributed by atoms with Gasteiger partial charge in [-0.15, -0.1) is 5.48 Å². The summed E-state index contributed by atoms with van der Waals surface area (Å²) in [5.74, 6) is 0.820. The van der Waals surface area contributed by atoms with Crippen LogP contribution in [0, 0.1) is 20.8 Å². The van der Waals surface area contributed by atoms with Gasteiger partial charge in [0.15, 0.2) is 0 Å². The topological polar surface area (TPSA) is 32.3 Å². The first-order chi connectivity index (χ1) is 11.1. The summed E-state index contributed by atoms with van der Waals surface area (Å²) < 4.78 is 5.23. The van der Waals surface area contributed by atoms with Crippen LogP contribution in [0.15, 0.2) is 30.3 Å². The quantitative estimate of drug-likeness (QED) is 0.790. The first kappa shape index (κ1) is 18.7. The third kappa shape index (κ3) is 4.06. The van der Waals surface area contributed by atoms with Gasteiger partial charge in [-0.2, -0.15) is 0 Å². The van der Waals surface area contributed by atoms with E-state index in [0.29, 0.717) is 8.20 Å². The van der Waals surface area contributed by atoms with Crippen molar-refractivity contribution < 1.29 is 9.84 Å². The molecule has 0 N–H and O–H groups in total. The fraction of sp³-hybridized carbons (Fsp3) is 0.381. The van der Waals surface area contributed by atoms with Crippen molar-refractivity contribution in [3.05, 3.63) is 58.1 Å². The third-order valence-corrected chi connectivity index (χ3v) is 5.41. The fourth-order valence-corrected chi connectivity index (χ4v) is 3.85. The summed E-state index contributed by atoms with van der Waals surface area (Å²) in [4.78, 5) is 0. The van der Waals surface area contributed by atoms with E-state index in [1.807, 2.05) is 39.0 Å². The number of rotatable bonds is 3. The molecular formula is C21H26O2P-. The minimum Gasteiger partial charge on any atom is -0.823 e. The van der Waals surface area contributed by atoms with E-state index in [9.17, 15) is 5.11 Å². The Kier molecular flexibility index (Phi) is 5.52. The predicted octanol–water partition coefficient (Wildman–Crippen LogP) is 4.03. The molecule has 0 saturated heterocycles. The molecular weight excluding hydrogens is 315 g/mol. The van der Waals surface area contributed by atoms with Crippen molar-refractivity contribution >= 4 is 19.0 Å². The van der Waals surface area contributed by atoms with Crippen molar-refractivity contribution in [2.75, 3.05) is 7.11 Å². The van der Waals surface area contributed by atoms with Gasteiger partial charge in [0.1, 0.15) is 5.75 Å². The zero-order valence-corrected chi connectivity index (χ0v) is 16.5. The van der Waals surface area contributed by atoms with E-state index < -0.39 is 0 Å². The lowest BCUT2D eigenvalue weighted by atomic mass is 9.84. The highest BCUT2D eigenvalue weighted by Crippen LogP contribution is 2.27. The van der Waals surface area contributed by atoms with E-state index in [-0.39, 0.29) is 10.9 Å². The highest BCUT2D eigenvalue weighted by molar-refractivity contribution is 7.49. The molecule has 0 aliphatic rings. The standard InChI is InChI=1S/C21H27O2P/c1-13-12-17(23-7)8-9-18(13)24-20(22)19-14(2)10-16(11-15(19)3)21(4,5)6/h8-12,22H,1-7H3/p-1. The van der Waals surface area contributed by atoms with Crippen molar-refractivity contribution in [2.45, 2.75) is 47.0 Å². The van der Waals surface area contributed by atoms with Crippen LogP contribution in [0.25, 0.3) is 0 Å². The van der Waals surface area contributed by atoms with E-state index in [1.54, 1.807) is 7.11 Å². The maximum atomic E-state index is 12.9. The van der Waals surface area contributed by atoms with Crippen LogP contribution in [0.1, 0.15) is 48.6 Å². The number of ether oxygens (including phenoxy) is 1. The molecule has 0 spiro atoms. The molecule has 2 nitrogen and oxygen atoms in total. The molecule has 2 aromatic carbocycles. The Morgan fingerprint density at radius 2 is 1.54 bits per heavy atom. The molecule has 3 heteroatoms. The second-order valence-corrected chi connectivity index (χ2v) is 8.42. The van der Waals surface area contributed by atoms with Crippen LogP contribution in [-0.2, 0) is 5.41 Å². The molecule has 0 saturated carbocycles. The summed E-state index contributed by atoms with van der Waals surface area (Å²) in [6.07, 6.45) is 0. The Morgan fingerprint density at radius 1 is 0.958 bits per heavy atom. The minimum atomic E-state index is 0.0847. The van der Waals surface area contributed by atoms with Gasteiger partial charge in [-0.3, -0.25) is 0 Å². The third-order valence-electron chi connectivity index (χ3n) is 4.24. The van der Waals surface area contributed by atoms with Crippen LogP contribution in [0.2, 0.25) is 0 Å². The van der Waals surface area contributed by atoms with E-state index in [1.165, 1.54) is 5.56 Å².